The Morgan fingerprint density at radius 1 is 1.17 bits per heavy atom. The number of H-pyrrole nitrogens is 1. The van der Waals surface area contributed by atoms with Crippen LogP contribution in [0.1, 0.15) is 5.56 Å². The van der Waals surface area contributed by atoms with Crippen LogP contribution in [-0.2, 0) is 11.2 Å². The Morgan fingerprint density at radius 3 is 2.74 bits per heavy atom. The lowest BCUT2D eigenvalue weighted by atomic mass is 10.1. The van der Waals surface area contributed by atoms with Gasteiger partial charge in [-0.05, 0) is 30.3 Å². The van der Waals surface area contributed by atoms with Crippen LogP contribution < -0.4 is 14.8 Å². The van der Waals surface area contributed by atoms with E-state index in [-0.39, 0.29) is 12.3 Å². The normalized spacial score (nSPS) is 10.5. The van der Waals surface area contributed by atoms with Gasteiger partial charge in [0.1, 0.15) is 11.5 Å². The summed E-state index contributed by atoms with van der Waals surface area (Å²) in [6.07, 6.45) is 0.164. The number of hydrogen-bond acceptors (Lipinski definition) is 4. The van der Waals surface area contributed by atoms with E-state index in [9.17, 15) is 4.79 Å². The summed E-state index contributed by atoms with van der Waals surface area (Å²) in [7, 11) is 3.16. The van der Waals surface area contributed by atoms with Crippen LogP contribution in [0.3, 0.4) is 0 Å². The standard InChI is InChI=1S/C17H17N3O3/c1-22-12-7-8-15(23-2)11(9-12)10-16(21)20-17-18-13-5-3-4-6-14(13)19-17/h3-9H,10H2,1-2H3,(H2,18,19,20,21). The highest BCUT2D eigenvalue weighted by Gasteiger charge is 2.12. The molecule has 1 heterocycles. The molecule has 0 aliphatic carbocycles. The molecule has 2 N–H and O–H groups in total. The van der Waals surface area contributed by atoms with Gasteiger partial charge in [0.05, 0.1) is 31.7 Å². The molecule has 0 atom stereocenters. The molecular formula is C17H17N3O3. The molecule has 1 aromatic heterocycles. The zero-order valence-corrected chi connectivity index (χ0v) is 12.9. The highest BCUT2D eigenvalue weighted by Crippen LogP contribution is 2.24. The molecule has 2 aromatic carbocycles. The summed E-state index contributed by atoms with van der Waals surface area (Å²) in [5, 5.41) is 2.77. The second-order valence-electron chi connectivity index (χ2n) is 5.01. The van der Waals surface area contributed by atoms with E-state index >= 15 is 0 Å². The number of ether oxygens (including phenoxy) is 2. The summed E-state index contributed by atoms with van der Waals surface area (Å²) in [6.45, 7) is 0. The first-order valence-corrected chi connectivity index (χ1v) is 7.15. The Morgan fingerprint density at radius 2 is 2.00 bits per heavy atom. The molecule has 3 rings (SSSR count). The number of aromatic amines is 1. The summed E-state index contributed by atoms with van der Waals surface area (Å²) in [5.74, 6) is 1.57. The van der Waals surface area contributed by atoms with Crippen LogP contribution >= 0.6 is 0 Å². The zero-order valence-electron chi connectivity index (χ0n) is 12.9. The quantitative estimate of drug-likeness (QED) is 0.759. The van der Waals surface area contributed by atoms with Gasteiger partial charge >= 0.3 is 0 Å². The van der Waals surface area contributed by atoms with Crippen LogP contribution in [0, 0.1) is 0 Å². The predicted molar refractivity (Wildman–Crippen MR) is 88.0 cm³/mol. The number of methoxy groups -OCH3 is 2. The van der Waals surface area contributed by atoms with Crippen molar-refractivity contribution in [1.29, 1.82) is 0 Å². The number of rotatable bonds is 5. The number of fused-ring (bicyclic) bond motifs is 1. The second kappa shape index (κ2) is 6.39. The molecule has 23 heavy (non-hydrogen) atoms. The van der Waals surface area contributed by atoms with Gasteiger partial charge in [-0.15, -0.1) is 0 Å². The van der Waals surface area contributed by atoms with Gasteiger partial charge in [-0.3, -0.25) is 10.1 Å². The fourth-order valence-corrected chi connectivity index (χ4v) is 2.38. The molecule has 0 radical (unpaired) electrons. The van der Waals surface area contributed by atoms with Crippen LogP contribution in [0.5, 0.6) is 11.5 Å². The van der Waals surface area contributed by atoms with Crippen molar-refractivity contribution in [2.24, 2.45) is 0 Å². The number of imidazole rings is 1. The molecule has 6 nitrogen and oxygen atoms in total. The first-order chi connectivity index (χ1) is 11.2. The number of carbonyl (C=O) groups is 1. The van der Waals surface area contributed by atoms with Crippen molar-refractivity contribution in [3.05, 3.63) is 48.0 Å². The second-order valence-corrected chi connectivity index (χ2v) is 5.01. The molecule has 0 fully saturated rings. The number of carbonyl (C=O) groups excluding carboxylic acids is 1. The number of nitrogens with zero attached hydrogens (tertiary/aromatic N) is 1. The number of aromatic nitrogens is 2. The fourth-order valence-electron chi connectivity index (χ4n) is 2.38. The van der Waals surface area contributed by atoms with E-state index in [2.05, 4.69) is 15.3 Å². The van der Waals surface area contributed by atoms with E-state index in [1.54, 1.807) is 32.4 Å². The minimum Gasteiger partial charge on any atom is -0.497 e. The van der Waals surface area contributed by atoms with Gasteiger partial charge in [0.2, 0.25) is 11.9 Å². The van der Waals surface area contributed by atoms with Gasteiger partial charge in [0.25, 0.3) is 0 Å². The van der Waals surface area contributed by atoms with Crippen LogP contribution in [0.4, 0.5) is 5.95 Å². The van der Waals surface area contributed by atoms with Crippen LogP contribution in [0.2, 0.25) is 0 Å². The Hall–Kier alpha value is -3.02. The average Bonchev–Trinajstić information content (AvgIpc) is 2.96. The third kappa shape index (κ3) is 3.26. The number of nitrogens with one attached hydrogen (secondary N) is 2. The SMILES string of the molecule is COc1ccc(OC)c(CC(=O)Nc2nc3ccccc3[nH]2)c1. The summed E-state index contributed by atoms with van der Waals surface area (Å²) in [4.78, 5) is 19.7. The van der Waals surface area contributed by atoms with Crippen LogP contribution in [0.25, 0.3) is 11.0 Å². The Kier molecular flexibility index (Phi) is 4.14. The van der Waals surface area contributed by atoms with Crippen molar-refractivity contribution >= 4 is 22.9 Å². The molecule has 0 spiro atoms. The van der Waals surface area contributed by atoms with E-state index < -0.39 is 0 Å². The van der Waals surface area contributed by atoms with Crippen molar-refractivity contribution in [1.82, 2.24) is 9.97 Å². The highest BCUT2D eigenvalue weighted by atomic mass is 16.5. The Bertz CT molecular complexity index is 809. The number of amides is 1. The first kappa shape index (κ1) is 14.9. The number of hydrogen-bond donors (Lipinski definition) is 2. The largest absolute Gasteiger partial charge is 0.497 e. The van der Waals surface area contributed by atoms with Crippen molar-refractivity contribution in [3.8, 4) is 11.5 Å². The van der Waals surface area contributed by atoms with Crippen LogP contribution in [0.15, 0.2) is 42.5 Å². The molecule has 1 amide bonds. The van der Waals surface area contributed by atoms with Crippen molar-refractivity contribution in [3.63, 3.8) is 0 Å². The fraction of sp³-hybridized carbons (Fsp3) is 0.176. The lowest BCUT2D eigenvalue weighted by Crippen LogP contribution is -2.15. The summed E-state index contributed by atoms with van der Waals surface area (Å²) in [6, 6.07) is 13.0. The van der Waals surface area contributed by atoms with Gasteiger partial charge in [-0.1, -0.05) is 12.1 Å². The van der Waals surface area contributed by atoms with Gasteiger partial charge in [0, 0.05) is 5.56 Å². The van der Waals surface area contributed by atoms with E-state index in [0.29, 0.717) is 17.4 Å². The Balaban J connectivity index is 1.76. The Labute approximate surface area is 133 Å². The maximum atomic E-state index is 12.3. The minimum atomic E-state index is -0.185. The zero-order chi connectivity index (χ0) is 16.2. The average molecular weight is 311 g/mol. The van der Waals surface area contributed by atoms with E-state index in [4.69, 9.17) is 9.47 Å². The van der Waals surface area contributed by atoms with Gasteiger partial charge in [-0.2, -0.15) is 0 Å². The molecule has 0 bridgehead atoms. The first-order valence-electron chi connectivity index (χ1n) is 7.15. The maximum Gasteiger partial charge on any atom is 0.231 e. The van der Waals surface area contributed by atoms with E-state index in [0.717, 1.165) is 16.6 Å². The molecule has 118 valence electrons. The molecule has 0 saturated carbocycles. The van der Waals surface area contributed by atoms with Crippen LogP contribution in [-0.4, -0.2) is 30.1 Å². The minimum absolute atomic E-state index is 0.164. The predicted octanol–water partition coefficient (Wildman–Crippen LogP) is 2.76. The smallest absolute Gasteiger partial charge is 0.231 e. The van der Waals surface area contributed by atoms with E-state index in [1.165, 1.54) is 0 Å². The number of anilines is 1. The van der Waals surface area contributed by atoms with Gasteiger partial charge in [0.15, 0.2) is 0 Å². The molecule has 6 heteroatoms. The monoisotopic (exact) mass is 311 g/mol. The summed E-state index contributed by atoms with van der Waals surface area (Å²) < 4.78 is 10.5. The summed E-state index contributed by atoms with van der Waals surface area (Å²) in [5.41, 5.74) is 2.43. The molecule has 0 aliphatic rings. The lowest BCUT2D eigenvalue weighted by molar-refractivity contribution is -0.115. The van der Waals surface area contributed by atoms with Crippen molar-refractivity contribution < 1.29 is 14.3 Å². The third-order valence-corrected chi connectivity index (χ3v) is 3.49. The molecule has 0 unspecified atom stereocenters. The molecule has 3 aromatic rings. The maximum absolute atomic E-state index is 12.3. The molecule has 0 aliphatic heterocycles. The highest BCUT2D eigenvalue weighted by molar-refractivity contribution is 5.92. The number of benzene rings is 2. The molecule has 0 saturated heterocycles. The lowest BCUT2D eigenvalue weighted by Gasteiger charge is -2.10. The van der Waals surface area contributed by atoms with Crippen molar-refractivity contribution in [2.75, 3.05) is 19.5 Å². The topological polar surface area (TPSA) is 76.2 Å². The summed E-state index contributed by atoms with van der Waals surface area (Å²) >= 11 is 0. The van der Waals surface area contributed by atoms with Gasteiger partial charge < -0.3 is 14.5 Å². The molecular weight excluding hydrogens is 294 g/mol. The van der Waals surface area contributed by atoms with Crippen molar-refractivity contribution in [2.45, 2.75) is 6.42 Å². The number of para-hydroxylation sites is 2. The van der Waals surface area contributed by atoms with Gasteiger partial charge in [-0.25, -0.2) is 4.98 Å². The third-order valence-electron chi connectivity index (χ3n) is 3.49. The van der Waals surface area contributed by atoms with E-state index in [1.807, 2.05) is 24.3 Å².